The minimum absolute atomic E-state index is 0.0456. The lowest BCUT2D eigenvalue weighted by Gasteiger charge is -2.32. The summed E-state index contributed by atoms with van der Waals surface area (Å²) in [5.41, 5.74) is 5.49. The number of nitrogens with zero attached hydrogens (tertiary/aromatic N) is 1. The van der Waals surface area contributed by atoms with E-state index >= 15 is 0 Å². The molecule has 1 saturated carbocycles. The highest BCUT2D eigenvalue weighted by molar-refractivity contribution is 6.09. The van der Waals surface area contributed by atoms with Crippen molar-refractivity contribution < 1.29 is 9.59 Å². The maximum Gasteiger partial charge on any atom is 0.159 e. The standard InChI is InChI=1S/C13H19N3O2/c1-13(2)7-9(17)12(10(18)8-13)16-15-11-5-3-4-6-14-11/h4,6,12,16H,3,5,7-8H2,1-2H3,(H,14,15). The van der Waals surface area contributed by atoms with Crippen LogP contribution in [0.3, 0.4) is 0 Å². The Labute approximate surface area is 107 Å². The van der Waals surface area contributed by atoms with Crippen LogP contribution in [0.4, 0.5) is 0 Å². The Morgan fingerprint density at radius 1 is 1.28 bits per heavy atom. The zero-order valence-corrected chi connectivity index (χ0v) is 10.8. The van der Waals surface area contributed by atoms with E-state index in [1.807, 2.05) is 19.9 Å². The molecule has 18 heavy (non-hydrogen) atoms. The maximum absolute atomic E-state index is 11.9. The summed E-state index contributed by atoms with van der Waals surface area (Å²) in [6, 6.07) is -0.730. The predicted molar refractivity (Wildman–Crippen MR) is 68.9 cm³/mol. The van der Waals surface area contributed by atoms with Crippen molar-refractivity contribution in [1.29, 1.82) is 0 Å². The Bertz CT molecular complexity index is 404. The van der Waals surface area contributed by atoms with E-state index in [1.165, 1.54) is 0 Å². The monoisotopic (exact) mass is 249 g/mol. The SMILES string of the molecule is CC1(C)CC(=O)C(NNC2=NC=CCC2)C(=O)C1. The van der Waals surface area contributed by atoms with E-state index in [0.29, 0.717) is 12.8 Å². The Balaban J connectivity index is 1.93. The number of Topliss-reactive ketones (excluding diaryl/α,β-unsaturated/α-hetero) is 2. The first kappa shape index (κ1) is 13.0. The highest BCUT2D eigenvalue weighted by Crippen LogP contribution is 2.31. The number of ketones is 2. The molecule has 1 fully saturated rings. The lowest BCUT2D eigenvalue weighted by Crippen LogP contribution is -2.56. The van der Waals surface area contributed by atoms with E-state index in [1.54, 1.807) is 6.20 Å². The van der Waals surface area contributed by atoms with Crippen molar-refractivity contribution in [3.8, 4) is 0 Å². The van der Waals surface area contributed by atoms with Crippen molar-refractivity contribution in [2.75, 3.05) is 0 Å². The van der Waals surface area contributed by atoms with Gasteiger partial charge in [-0.05, 0) is 11.8 Å². The van der Waals surface area contributed by atoms with Crippen LogP contribution in [-0.4, -0.2) is 23.4 Å². The number of aliphatic imine (C=N–C) groups is 1. The van der Waals surface area contributed by atoms with Gasteiger partial charge in [-0.15, -0.1) is 0 Å². The van der Waals surface area contributed by atoms with E-state index in [0.717, 1.165) is 18.7 Å². The Hall–Kier alpha value is -1.49. The van der Waals surface area contributed by atoms with Gasteiger partial charge in [-0.3, -0.25) is 9.59 Å². The molecule has 1 aliphatic carbocycles. The predicted octanol–water partition coefficient (Wildman–Crippen LogP) is 1.11. The molecule has 5 heteroatoms. The zero-order chi connectivity index (χ0) is 13.2. The fourth-order valence-corrected chi connectivity index (χ4v) is 2.30. The minimum atomic E-state index is -0.730. The Morgan fingerprint density at radius 2 is 1.94 bits per heavy atom. The minimum Gasteiger partial charge on any atom is -0.308 e. The Kier molecular flexibility index (Phi) is 3.61. The number of hydrogen-bond donors (Lipinski definition) is 2. The van der Waals surface area contributed by atoms with Crippen LogP contribution in [0.2, 0.25) is 0 Å². The van der Waals surface area contributed by atoms with Gasteiger partial charge in [0.2, 0.25) is 0 Å². The van der Waals surface area contributed by atoms with Gasteiger partial charge in [0.25, 0.3) is 0 Å². The number of carbonyl (C=O) groups excluding carboxylic acids is 2. The first-order valence-corrected chi connectivity index (χ1v) is 6.27. The summed E-state index contributed by atoms with van der Waals surface area (Å²) in [5.74, 6) is 0.675. The summed E-state index contributed by atoms with van der Waals surface area (Å²) in [6.45, 7) is 3.89. The number of hydrazine groups is 1. The molecule has 0 amide bonds. The highest BCUT2D eigenvalue weighted by atomic mass is 16.2. The molecule has 2 aliphatic rings. The molecule has 0 spiro atoms. The van der Waals surface area contributed by atoms with Gasteiger partial charge in [0.05, 0.1) is 0 Å². The number of rotatable bonds is 2. The van der Waals surface area contributed by atoms with Gasteiger partial charge in [0.1, 0.15) is 11.9 Å². The van der Waals surface area contributed by atoms with Crippen molar-refractivity contribution >= 4 is 17.4 Å². The first-order chi connectivity index (χ1) is 8.48. The summed E-state index contributed by atoms with van der Waals surface area (Å²) in [6.07, 6.45) is 6.29. The molecule has 1 heterocycles. The summed E-state index contributed by atoms with van der Waals surface area (Å²) < 4.78 is 0. The highest BCUT2D eigenvalue weighted by Gasteiger charge is 2.39. The van der Waals surface area contributed by atoms with Crippen LogP contribution in [0, 0.1) is 5.41 Å². The van der Waals surface area contributed by atoms with Gasteiger partial charge in [-0.1, -0.05) is 19.9 Å². The van der Waals surface area contributed by atoms with Gasteiger partial charge < -0.3 is 5.43 Å². The van der Waals surface area contributed by atoms with Crippen LogP contribution < -0.4 is 10.9 Å². The molecule has 0 unspecified atom stereocenters. The van der Waals surface area contributed by atoms with Crippen LogP contribution in [0.15, 0.2) is 17.3 Å². The van der Waals surface area contributed by atoms with Crippen LogP contribution in [0.25, 0.3) is 0 Å². The number of carbonyl (C=O) groups is 2. The summed E-state index contributed by atoms with van der Waals surface area (Å²) >= 11 is 0. The van der Waals surface area contributed by atoms with Crippen molar-refractivity contribution in [2.24, 2.45) is 10.4 Å². The first-order valence-electron chi connectivity index (χ1n) is 6.27. The lowest BCUT2D eigenvalue weighted by molar-refractivity contribution is -0.136. The number of hydrogen-bond acceptors (Lipinski definition) is 5. The second-order valence-electron chi connectivity index (χ2n) is 5.65. The van der Waals surface area contributed by atoms with Crippen molar-refractivity contribution in [2.45, 2.75) is 45.6 Å². The fourth-order valence-electron chi connectivity index (χ4n) is 2.30. The van der Waals surface area contributed by atoms with Gasteiger partial charge in [-0.2, -0.15) is 0 Å². The number of allylic oxidation sites excluding steroid dienone is 1. The average molecular weight is 249 g/mol. The molecule has 0 radical (unpaired) electrons. The van der Waals surface area contributed by atoms with Gasteiger partial charge >= 0.3 is 0 Å². The molecule has 0 aromatic rings. The molecule has 0 atom stereocenters. The van der Waals surface area contributed by atoms with E-state index in [9.17, 15) is 9.59 Å². The third-order valence-electron chi connectivity index (χ3n) is 3.19. The molecule has 0 bridgehead atoms. The summed E-state index contributed by atoms with van der Waals surface area (Å²) in [5, 5.41) is 0. The third kappa shape index (κ3) is 3.04. The van der Waals surface area contributed by atoms with E-state index < -0.39 is 6.04 Å². The normalized spacial score (nSPS) is 24.0. The lowest BCUT2D eigenvalue weighted by atomic mass is 9.74. The van der Waals surface area contributed by atoms with Gasteiger partial charge in [0.15, 0.2) is 11.6 Å². The van der Waals surface area contributed by atoms with Gasteiger partial charge in [-0.25, -0.2) is 10.4 Å². The molecule has 2 N–H and O–H groups in total. The molecule has 1 aliphatic heterocycles. The van der Waals surface area contributed by atoms with E-state index in [4.69, 9.17) is 0 Å². The molecule has 0 aromatic heterocycles. The van der Waals surface area contributed by atoms with Gasteiger partial charge in [0, 0.05) is 25.5 Å². The smallest absolute Gasteiger partial charge is 0.159 e. The zero-order valence-electron chi connectivity index (χ0n) is 10.8. The molecule has 2 rings (SSSR count). The quantitative estimate of drug-likeness (QED) is 0.568. The topological polar surface area (TPSA) is 70.6 Å². The molecular weight excluding hydrogens is 230 g/mol. The van der Waals surface area contributed by atoms with Crippen LogP contribution >= 0.6 is 0 Å². The Morgan fingerprint density at radius 3 is 2.50 bits per heavy atom. The third-order valence-corrected chi connectivity index (χ3v) is 3.19. The average Bonchev–Trinajstić information content (AvgIpc) is 2.27. The van der Waals surface area contributed by atoms with Crippen molar-refractivity contribution in [3.63, 3.8) is 0 Å². The summed E-state index contributed by atoms with van der Waals surface area (Å²) in [4.78, 5) is 28.0. The number of amidine groups is 1. The van der Waals surface area contributed by atoms with E-state index in [2.05, 4.69) is 15.8 Å². The second kappa shape index (κ2) is 5.02. The largest absolute Gasteiger partial charge is 0.308 e. The van der Waals surface area contributed by atoms with Crippen molar-refractivity contribution in [1.82, 2.24) is 10.9 Å². The molecule has 5 nitrogen and oxygen atoms in total. The molecular formula is C13H19N3O2. The fraction of sp³-hybridized carbons (Fsp3) is 0.615. The van der Waals surface area contributed by atoms with Crippen LogP contribution in [-0.2, 0) is 9.59 Å². The molecule has 98 valence electrons. The second-order valence-corrected chi connectivity index (χ2v) is 5.65. The number of nitrogens with one attached hydrogen (secondary N) is 2. The van der Waals surface area contributed by atoms with Crippen LogP contribution in [0.5, 0.6) is 0 Å². The summed E-state index contributed by atoms with van der Waals surface area (Å²) in [7, 11) is 0. The van der Waals surface area contributed by atoms with Crippen molar-refractivity contribution in [3.05, 3.63) is 12.3 Å². The molecule has 0 aromatic carbocycles. The van der Waals surface area contributed by atoms with Crippen LogP contribution in [0.1, 0.15) is 39.5 Å². The van der Waals surface area contributed by atoms with E-state index in [-0.39, 0.29) is 17.0 Å². The molecule has 0 saturated heterocycles. The maximum atomic E-state index is 11.9.